The van der Waals surface area contributed by atoms with E-state index in [0.29, 0.717) is 31.9 Å². The topological polar surface area (TPSA) is 81.2 Å². The first-order chi connectivity index (χ1) is 7.93. The van der Waals surface area contributed by atoms with E-state index in [1.807, 2.05) is 6.92 Å². The molecule has 0 spiro atoms. The lowest BCUT2D eigenvalue weighted by Crippen LogP contribution is -2.33. The summed E-state index contributed by atoms with van der Waals surface area (Å²) < 4.78 is 27.6. The second kappa shape index (κ2) is 5.61. The Kier molecular flexibility index (Phi) is 4.67. The van der Waals surface area contributed by atoms with Gasteiger partial charge in [-0.15, -0.1) is 0 Å². The molecule has 0 aliphatic carbocycles. The number of sulfonamides is 1. The smallest absolute Gasteiger partial charge is 0.262 e. The van der Waals surface area contributed by atoms with Crippen molar-refractivity contribution in [2.45, 2.75) is 25.3 Å². The minimum atomic E-state index is -3.48. The fourth-order valence-corrected chi connectivity index (χ4v) is 3.01. The standard InChI is InChI=1S/C10H20N4O2S/c1-4-14(7-5-6-11)17(15,16)10-8-13(3)9(2)12-10/h8H,4-7,11H2,1-3H3. The van der Waals surface area contributed by atoms with Crippen molar-refractivity contribution in [3.05, 3.63) is 12.0 Å². The van der Waals surface area contributed by atoms with Crippen LogP contribution < -0.4 is 5.73 Å². The maximum absolute atomic E-state index is 12.2. The highest BCUT2D eigenvalue weighted by molar-refractivity contribution is 7.89. The Morgan fingerprint density at radius 1 is 1.53 bits per heavy atom. The molecule has 0 aliphatic rings. The van der Waals surface area contributed by atoms with E-state index in [-0.39, 0.29) is 5.03 Å². The summed E-state index contributed by atoms with van der Waals surface area (Å²) in [6, 6.07) is 0. The largest absolute Gasteiger partial charge is 0.337 e. The summed E-state index contributed by atoms with van der Waals surface area (Å²) in [5, 5.41) is 0.108. The molecule has 7 heteroatoms. The molecule has 0 radical (unpaired) electrons. The van der Waals surface area contributed by atoms with Gasteiger partial charge in [-0.3, -0.25) is 0 Å². The molecule has 1 rings (SSSR count). The van der Waals surface area contributed by atoms with Gasteiger partial charge >= 0.3 is 0 Å². The van der Waals surface area contributed by atoms with E-state index in [0.717, 1.165) is 0 Å². The molecule has 1 aromatic heterocycles. The molecule has 0 saturated carbocycles. The number of hydrogen-bond donors (Lipinski definition) is 1. The van der Waals surface area contributed by atoms with Gasteiger partial charge in [-0.25, -0.2) is 13.4 Å². The highest BCUT2D eigenvalue weighted by Gasteiger charge is 2.25. The summed E-state index contributed by atoms with van der Waals surface area (Å²) >= 11 is 0. The van der Waals surface area contributed by atoms with Crippen molar-refractivity contribution in [1.29, 1.82) is 0 Å². The number of rotatable bonds is 6. The van der Waals surface area contributed by atoms with E-state index < -0.39 is 10.0 Å². The molecule has 6 nitrogen and oxygen atoms in total. The molecule has 0 atom stereocenters. The maximum Gasteiger partial charge on any atom is 0.262 e. The Morgan fingerprint density at radius 3 is 2.59 bits per heavy atom. The summed E-state index contributed by atoms with van der Waals surface area (Å²) in [5.41, 5.74) is 5.40. The summed E-state index contributed by atoms with van der Waals surface area (Å²) in [7, 11) is -1.70. The van der Waals surface area contributed by atoms with E-state index in [2.05, 4.69) is 4.98 Å². The minimum Gasteiger partial charge on any atom is -0.337 e. The fraction of sp³-hybridized carbons (Fsp3) is 0.700. The first kappa shape index (κ1) is 14.1. The van der Waals surface area contributed by atoms with Crippen LogP contribution in [0.2, 0.25) is 0 Å². The number of aryl methyl sites for hydroxylation is 2. The van der Waals surface area contributed by atoms with Gasteiger partial charge in [0.15, 0.2) is 5.03 Å². The van der Waals surface area contributed by atoms with E-state index in [1.54, 1.807) is 18.5 Å². The SMILES string of the molecule is CCN(CCCN)S(=O)(=O)c1cn(C)c(C)n1. The Morgan fingerprint density at radius 2 is 2.18 bits per heavy atom. The van der Waals surface area contributed by atoms with Crippen molar-refractivity contribution < 1.29 is 8.42 Å². The molecule has 0 unspecified atom stereocenters. The molecule has 0 aliphatic heterocycles. The molecular formula is C10H20N4O2S. The first-order valence-electron chi connectivity index (χ1n) is 5.63. The third-order valence-corrected chi connectivity index (χ3v) is 4.50. The molecule has 0 saturated heterocycles. The predicted octanol–water partition coefficient (Wildman–Crippen LogP) is 0.0879. The Hall–Kier alpha value is -0.920. The van der Waals surface area contributed by atoms with Crippen molar-refractivity contribution in [3.8, 4) is 0 Å². The summed E-state index contributed by atoms with van der Waals surface area (Å²) in [6.45, 7) is 4.93. The molecule has 0 bridgehead atoms. The van der Waals surface area contributed by atoms with Gasteiger partial charge in [0.1, 0.15) is 5.82 Å². The van der Waals surface area contributed by atoms with Gasteiger partial charge in [0.25, 0.3) is 10.0 Å². The second-order valence-corrected chi connectivity index (χ2v) is 5.76. The highest BCUT2D eigenvalue weighted by Crippen LogP contribution is 2.14. The second-order valence-electron chi connectivity index (χ2n) is 3.88. The highest BCUT2D eigenvalue weighted by atomic mass is 32.2. The molecule has 1 heterocycles. The van der Waals surface area contributed by atoms with Crippen LogP contribution in [0.3, 0.4) is 0 Å². The Labute approximate surface area is 102 Å². The zero-order chi connectivity index (χ0) is 13.1. The van der Waals surface area contributed by atoms with Gasteiger partial charge in [0, 0.05) is 26.3 Å². The zero-order valence-corrected chi connectivity index (χ0v) is 11.4. The van der Waals surface area contributed by atoms with Gasteiger partial charge in [-0.1, -0.05) is 6.92 Å². The van der Waals surface area contributed by atoms with Crippen molar-refractivity contribution in [1.82, 2.24) is 13.9 Å². The van der Waals surface area contributed by atoms with E-state index in [1.165, 1.54) is 10.5 Å². The van der Waals surface area contributed by atoms with Gasteiger partial charge in [0.05, 0.1) is 0 Å². The van der Waals surface area contributed by atoms with Gasteiger partial charge in [0.2, 0.25) is 0 Å². The number of nitrogens with zero attached hydrogens (tertiary/aromatic N) is 3. The molecular weight excluding hydrogens is 240 g/mol. The number of hydrogen-bond acceptors (Lipinski definition) is 4. The van der Waals surface area contributed by atoms with Crippen LogP contribution >= 0.6 is 0 Å². The minimum absolute atomic E-state index is 0.108. The van der Waals surface area contributed by atoms with Crippen LogP contribution in [0.5, 0.6) is 0 Å². The van der Waals surface area contributed by atoms with E-state index >= 15 is 0 Å². The van der Waals surface area contributed by atoms with Crippen LogP contribution in [0.1, 0.15) is 19.2 Å². The molecule has 2 N–H and O–H groups in total. The Balaban J connectivity index is 2.99. The molecule has 17 heavy (non-hydrogen) atoms. The number of imidazole rings is 1. The lowest BCUT2D eigenvalue weighted by molar-refractivity contribution is 0.421. The average Bonchev–Trinajstić information content (AvgIpc) is 2.61. The first-order valence-corrected chi connectivity index (χ1v) is 7.07. The van der Waals surface area contributed by atoms with Crippen LogP contribution in [-0.4, -0.2) is 41.9 Å². The van der Waals surface area contributed by atoms with Crippen molar-refractivity contribution in [2.75, 3.05) is 19.6 Å². The monoisotopic (exact) mass is 260 g/mol. The average molecular weight is 260 g/mol. The summed E-state index contributed by atoms with van der Waals surface area (Å²) in [4.78, 5) is 4.06. The fourth-order valence-electron chi connectivity index (χ4n) is 1.50. The summed E-state index contributed by atoms with van der Waals surface area (Å²) in [5.74, 6) is 0.679. The third-order valence-electron chi connectivity index (χ3n) is 2.66. The van der Waals surface area contributed by atoms with Gasteiger partial charge < -0.3 is 10.3 Å². The summed E-state index contributed by atoms with van der Waals surface area (Å²) in [6.07, 6.45) is 2.19. The van der Waals surface area contributed by atoms with Crippen LogP contribution in [0, 0.1) is 6.92 Å². The van der Waals surface area contributed by atoms with Crippen molar-refractivity contribution in [3.63, 3.8) is 0 Å². The normalized spacial score (nSPS) is 12.3. The number of nitrogens with two attached hydrogens (primary N) is 1. The van der Waals surface area contributed by atoms with Crippen molar-refractivity contribution in [2.24, 2.45) is 12.8 Å². The molecule has 98 valence electrons. The molecule has 0 amide bonds. The Bertz CT molecular complexity index is 447. The van der Waals surface area contributed by atoms with E-state index in [9.17, 15) is 8.42 Å². The molecule has 0 aromatic carbocycles. The van der Waals surface area contributed by atoms with Gasteiger partial charge in [-0.2, -0.15) is 4.31 Å². The third kappa shape index (κ3) is 3.05. The molecule has 1 aromatic rings. The number of aromatic nitrogens is 2. The zero-order valence-electron chi connectivity index (χ0n) is 10.5. The predicted molar refractivity (Wildman–Crippen MR) is 66.0 cm³/mol. The quantitative estimate of drug-likeness (QED) is 0.786. The van der Waals surface area contributed by atoms with Crippen LogP contribution in [0.25, 0.3) is 0 Å². The van der Waals surface area contributed by atoms with Crippen LogP contribution in [0.15, 0.2) is 11.2 Å². The van der Waals surface area contributed by atoms with Crippen LogP contribution in [0.4, 0.5) is 0 Å². The van der Waals surface area contributed by atoms with Crippen molar-refractivity contribution >= 4 is 10.0 Å². The van der Waals surface area contributed by atoms with Crippen LogP contribution in [-0.2, 0) is 17.1 Å². The lowest BCUT2D eigenvalue weighted by atomic mass is 10.4. The van der Waals surface area contributed by atoms with E-state index in [4.69, 9.17) is 5.73 Å². The lowest BCUT2D eigenvalue weighted by Gasteiger charge is -2.18. The van der Waals surface area contributed by atoms with Gasteiger partial charge in [-0.05, 0) is 19.9 Å². The molecule has 0 fully saturated rings. The maximum atomic E-state index is 12.2.